The van der Waals surface area contributed by atoms with Gasteiger partial charge in [0.25, 0.3) is 0 Å². The summed E-state index contributed by atoms with van der Waals surface area (Å²) >= 11 is 2.29. The molecule has 2 aromatic rings. The van der Waals surface area contributed by atoms with E-state index in [4.69, 9.17) is 15.2 Å². The fourth-order valence-corrected chi connectivity index (χ4v) is 3.06. The minimum absolute atomic E-state index is 0.176. The minimum Gasteiger partial charge on any atom is -0.490 e. The molecule has 1 aromatic heterocycles. The van der Waals surface area contributed by atoms with Gasteiger partial charge in [-0.05, 0) is 40.8 Å². The molecule has 1 aromatic carbocycles. The van der Waals surface area contributed by atoms with Gasteiger partial charge in [0.2, 0.25) is 5.95 Å². The van der Waals surface area contributed by atoms with E-state index in [1.165, 1.54) is 0 Å². The summed E-state index contributed by atoms with van der Waals surface area (Å²) in [6.07, 6.45) is 3.72. The van der Waals surface area contributed by atoms with E-state index >= 15 is 0 Å². The fraction of sp³-hybridized carbons (Fsp3) is 0.375. The van der Waals surface area contributed by atoms with Gasteiger partial charge in [0.05, 0.1) is 13.2 Å². The average molecular weight is 426 g/mol. The number of aromatic nitrogens is 2. The molecule has 1 saturated heterocycles. The van der Waals surface area contributed by atoms with E-state index in [1.54, 1.807) is 6.20 Å². The maximum atomic E-state index is 6.23. The van der Waals surface area contributed by atoms with E-state index in [1.807, 2.05) is 19.2 Å². The zero-order valence-electron chi connectivity index (χ0n) is 12.9. The van der Waals surface area contributed by atoms with Gasteiger partial charge in [-0.15, -0.1) is 0 Å². The van der Waals surface area contributed by atoms with Crippen molar-refractivity contribution in [2.45, 2.75) is 18.9 Å². The van der Waals surface area contributed by atoms with Crippen LogP contribution in [0, 0.1) is 3.57 Å². The molecule has 7 heteroatoms. The molecule has 0 radical (unpaired) electrons. The predicted octanol–water partition coefficient (Wildman–Crippen LogP) is 2.93. The molecule has 0 saturated carbocycles. The third kappa shape index (κ3) is 3.84. The van der Waals surface area contributed by atoms with Crippen LogP contribution in [0.4, 0.5) is 11.8 Å². The van der Waals surface area contributed by atoms with Crippen LogP contribution < -0.4 is 15.8 Å². The van der Waals surface area contributed by atoms with Gasteiger partial charge in [0, 0.05) is 40.8 Å². The number of hydrogen-bond acceptors (Lipinski definition) is 6. The summed E-state index contributed by atoms with van der Waals surface area (Å²) in [6.45, 7) is 1.49. The van der Waals surface area contributed by atoms with Crippen molar-refractivity contribution in [2.75, 3.05) is 31.3 Å². The lowest BCUT2D eigenvalue weighted by molar-refractivity contribution is 0.0258. The molecule has 0 atom stereocenters. The summed E-state index contributed by atoms with van der Waals surface area (Å²) in [5.41, 5.74) is 7.53. The highest BCUT2D eigenvalue weighted by Gasteiger charge is 2.19. The van der Waals surface area contributed by atoms with Crippen LogP contribution in [0.5, 0.6) is 5.75 Å². The monoisotopic (exact) mass is 426 g/mol. The summed E-state index contributed by atoms with van der Waals surface area (Å²) in [4.78, 5) is 8.39. The number of rotatable bonds is 4. The Morgan fingerprint density at radius 1 is 1.30 bits per heavy atom. The highest BCUT2D eigenvalue weighted by atomic mass is 127. The number of benzene rings is 1. The van der Waals surface area contributed by atoms with E-state index in [0.29, 0.717) is 5.82 Å². The number of nitrogens with zero attached hydrogens (tertiary/aromatic N) is 2. The number of nitrogens with one attached hydrogen (secondary N) is 1. The predicted molar refractivity (Wildman–Crippen MR) is 98.6 cm³/mol. The van der Waals surface area contributed by atoms with Crippen molar-refractivity contribution in [2.24, 2.45) is 0 Å². The fourth-order valence-electron chi connectivity index (χ4n) is 2.57. The van der Waals surface area contributed by atoms with Gasteiger partial charge in [-0.25, -0.2) is 4.98 Å². The first-order valence-corrected chi connectivity index (χ1v) is 8.60. The Morgan fingerprint density at radius 2 is 2.09 bits per heavy atom. The van der Waals surface area contributed by atoms with Gasteiger partial charge in [0.1, 0.15) is 17.7 Å². The Labute approximate surface area is 148 Å². The van der Waals surface area contributed by atoms with Crippen LogP contribution in [0.1, 0.15) is 12.8 Å². The maximum absolute atomic E-state index is 6.23. The van der Waals surface area contributed by atoms with Gasteiger partial charge < -0.3 is 20.5 Å². The van der Waals surface area contributed by atoms with E-state index in [2.05, 4.69) is 43.9 Å². The topological polar surface area (TPSA) is 82.3 Å². The molecule has 6 nitrogen and oxygen atoms in total. The number of ether oxygens (including phenoxy) is 2. The molecule has 3 rings (SSSR count). The van der Waals surface area contributed by atoms with Crippen LogP contribution in [-0.2, 0) is 4.74 Å². The molecular weight excluding hydrogens is 407 g/mol. The van der Waals surface area contributed by atoms with Crippen LogP contribution in [-0.4, -0.2) is 36.3 Å². The quantitative estimate of drug-likeness (QED) is 0.732. The molecule has 0 bridgehead atoms. The Balaban J connectivity index is 1.99. The van der Waals surface area contributed by atoms with E-state index in [0.717, 1.165) is 46.5 Å². The second kappa shape index (κ2) is 7.31. The van der Waals surface area contributed by atoms with Crippen molar-refractivity contribution >= 4 is 34.4 Å². The zero-order valence-corrected chi connectivity index (χ0v) is 15.0. The Kier molecular flexibility index (Phi) is 5.16. The molecule has 122 valence electrons. The summed E-state index contributed by atoms with van der Waals surface area (Å²) in [6, 6.07) is 6.11. The Bertz CT molecular complexity index is 690. The largest absolute Gasteiger partial charge is 0.490 e. The number of anilines is 2. The molecule has 0 aliphatic carbocycles. The van der Waals surface area contributed by atoms with Gasteiger partial charge in [0.15, 0.2) is 0 Å². The molecule has 1 aliphatic heterocycles. The molecular formula is C16H19IN4O2. The zero-order chi connectivity index (χ0) is 16.2. The molecule has 3 N–H and O–H groups in total. The molecule has 1 aliphatic rings. The lowest BCUT2D eigenvalue weighted by Crippen LogP contribution is -2.26. The molecule has 2 heterocycles. The van der Waals surface area contributed by atoms with Crippen molar-refractivity contribution < 1.29 is 9.47 Å². The van der Waals surface area contributed by atoms with Crippen molar-refractivity contribution in [3.8, 4) is 16.9 Å². The molecule has 0 spiro atoms. The van der Waals surface area contributed by atoms with E-state index in [-0.39, 0.29) is 12.1 Å². The second-order valence-electron chi connectivity index (χ2n) is 5.31. The summed E-state index contributed by atoms with van der Waals surface area (Å²) in [5, 5.41) is 3.08. The molecule has 0 amide bonds. The number of nitrogens with two attached hydrogens (primary N) is 1. The van der Waals surface area contributed by atoms with Gasteiger partial charge >= 0.3 is 0 Å². The van der Waals surface area contributed by atoms with Crippen molar-refractivity contribution in [1.29, 1.82) is 0 Å². The normalized spacial score (nSPS) is 15.4. The average Bonchev–Trinajstić information content (AvgIpc) is 2.57. The SMILES string of the molecule is CNc1nc(N)ncc1-c1cc(I)ccc1OC1CCOCC1. The third-order valence-electron chi connectivity index (χ3n) is 3.74. The number of hydrogen-bond donors (Lipinski definition) is 2. The molecule has 0 unspecified atom stereocenters. The van der Waals surface area contributed by atoms with Crippen LogP contribution >= 0.6 is 22.6 Å². The van der Waals surface area contributed by atoms with Gasteiger partial charge in [-0.2, -0.15) is 4.98 Å². The molecule has 1 fully saturated rings. The van der Waals surface area contributed by atoms with Crippen LogP contribution in [0.25, 0.3) is 11.1 Å². The lowest BCUT2D eigenvalue weighted by atomic mass is 10.1. The highest BCUT2D eigenvalue weighted by Crippen LogP contribution is 2.36. The Hall–Kier alpha value is -1.61. The first-order valence-electron chi connectivity index (χ1n) is 7.52. The van der Waals surface area contributed by atoms with Crippen molar-refractivity contribution in [3.63, 3.8) is 0 Å². The highest BCUT2D eigenvalue weighted by molar-refractivity contribution is 14.1. The van der Waals surface area contributed by atoms with Crippen LogP contribution in [0.15, 0.2) is 24.4 Å². The second-order valence-corrected chi connectivity index (χ2v) is 6.56. The lowest BCUT2D eigenvalue weighted by Gasteiger charge is -2.25. The van der Waals surface area contributed by atoms with E-state index in [9.17, 15) is 0 Å². The summed E-state index contributed by atoms with van der Waals surface area (Å²) in [7, 11) is 1.82. The smallest absolute Gasteiger partial charge is 0.221 e. The third-order valence-corrected chi connectivity index (χ3v) is 4.41. The van der Waals surface area contributed by atoms with Gasteiger partial charge in [-0.3, -0.25) is 0 Å². The standard InChI is InChI=1S/C16H19IN4O2/c1-19-15-13(9-20-16(18)21-15)12-8-10(17)2-3-14(12)23-11-4-6-22-7-5-11/h2-3,8-9,11H,4-7H2,1H3,(H3,18,19,20,21). The van der Waals surface area contributed by atoms with Gasteiger partial charge in [-0.1, -0.05) is 0 Å². The number of halogens is 1. The number of nitrogen functional groups attached to an aromatic ring is 1. The van der Waals surface area contributed by atoms with Crippen molar-refractivity contribution in [1.82, 2.24) is 9.97 Å². The van der Waals surface area contributed by atoms with E-state index < -0.39 is 0 Å². The first kappa shape index (κ1) is 16.3. The molecule has 23 heavy (non-hydrogen) atoms. The summed E-state index contributed by atoms with van der Waals surface area (Å²) in [5.74, 6) is 1.77. The minimum atomic E-state index is 0.176. The maximum Gasteiger partial charge on any atom is 0.221 e. The Morgan fingerprint density at radius 3 is 2.83 bits per heavy atom. The van der Waals surface area contributed by atoms with Crippen LogP contribution in [0.2, 0.25) is 0 Å². The van der Waals surface area contributed by atoms with Crippen LogP contribution in [0.3, 0.4) is 0 Å². The first-order chi connectivity index (χ1) is 11.2. The van der Waals surface area contributed by atoms with Crippen molar-refractivity contribution in [3.05, 3.63) is 28.0 Å². The summed E-state index contributed by atoms with van der Waals surface area (Å²) < 4.78 is 12.7.